The van der Waals surface area contributed by atoms with Gasteiger partial charge in [-0.2, -0.15) is 0 Å². The molecule has 2 amide bonds. The zero-order valence-electron chi connectivity index (χ0n) is 10.0. The Balaban J connectivity index is 2.05. The van der Waals surface area contributed by atoms with E-state index in [-0.39, 0.29) is 18.4 Å². The molecule has 19 heavy (non-hydrogen) atoms. The summed E-state index contributed by atoms with van der Waals surface area (Å²) in [4.78, 5) is 24.5. The number of benzene rings is 1. The van der Waals surface area contributed by atoms with Crippen LogP contribution in [0.25, 0.3) is 6.08 Å². The fraction of sp³-hybridized carbons (Fsp3) is 0.231. The van der Waals surface area contributed by atoms with Crippen LogP contribution in [0.2, 0.25) is 10.0 Å². The highest BCUT2D eigenvalue weighted by molar-refractivity contribution is 6.34. The van der Waals surface area contributed by atoms with E-state index in [1.807, 2.05) is 0 Å². The number of carbonyl (C=O) groups is 2. The Labute approximate surface area is 121 Å². The minimum atomic E-state index is -0.203. The van der Waals surface area contributed by atoms with E-state index in [0.717, 1.165) is 5.56 Å². The number of carbonyl (C=O) groups excluding carboxylic acids is 2. The zero-order valence-corrected chi connectivity index (χ0v) is 11.5. The van der Waals surface area contributed by atoms with E-state index >= 15 is 0 Å². The molecule has 4 nitrogen and oxygen atoms in total. The minimum Gasteiger partial charge on any atom is -0.353 e. The molecule has 0 spiro atoms. The highest BCUT2D eigenvalue weighted by Crippen LogP contribution is 2.19. The quantitative estimate of drug-likeness (QED) is 0.849. The number of nitrogens with zero attached hydrogens (tertiary/aromatic N) is 1. The van der Waals surface area contributed by atoms with Gasteiger partial charge in [-0.15, -0.1) is 0 Å². The topological polar surface area (TPSA) is 49.4 Å². The average molecular weight is 299 g/mol. The molecule has 1 aliphatic heterocycles. The van der Waals surface area contributed by atoms with Gasteiger partial charge in [0.1, 0.15) is 0 Å². The zero-order chi connectivity index (χ0) is 13.8. The molecule has 100 valence electrons. The molecule has 0 aromatic heterocycles. The molecule has 0 aliphatic carbocycles. The summed E-state index contributed by atoms with van der Waals surface area (Å²) in [7, 11) is 0. The Hall–Kier alpha value is -1.52. The molecule has 0 bridgehead atoms. The molecule has 0 unspecified atom stereocenters. The maximum Gasteiger partial charge on any atom is 0.247 e. The van der Waals surface area contributed by atoms with Gasteiger partial charge in [-0.05, 0) is 29.8 Å². The van der Waals surface area contributed by atoms with Crippen molar-refractivity contribution in [3.05, 3.63) is 39.9 Å². The summed E-state index contributed by atoms with van der Waals surface area (Å²) in [5, 5.41) is 3.69. The van der Waals surface area contributed by atoms with Crippen LogP contribution in [0.15, 0.2) is 24.3 Å². The second-order valence-electron chi connectivity index (χ2n) is 4.15. The molecule has 1 aromatic carbocycles. The lowest BCUT2D eigenvalue weighted by Crippen LogP contribution is -2.49. The number of amides is 2. The van der Waals surface area contributed by atoms with Gasteiger partial charge in [0.2, 0.25) is 11.8 Å². The second-order valence-corrected chi connectivity index (χ2v) is 5.02. The van der Waals surface area contributed by atoms with Gasteiger partial charge in [-0.1, -0.05) is 23.2 Å². The van der Waals surface area contributed by atoms with Crippen molar-refractivity contribution >= 4 is 41.1 Å². The number of hydrogen-bond donors (Lipinski definition) is 1. The SMILES string of the molecule is O=C1CN(C(=O)/C=C/c2cc(Cl)cc(Cl)c2)CCN1. The first-order valence-electron chi connectivity index (χ1n) is 5.74. The van der Waals surface area contributed by atoms with Gasteiger partial charge in [-0.3, -0.25) is 9.59 Å². The minimum absolute atomic E-state index is 0.0967. The molecule has 1 aromatic rings. The fourth-order valence-corrected chi connectivity index (χ4v) is 2.31. The Kier molecular flexibility index (Phi) is 4.45. The van der Waals surface area contributed by atoms with Gasteiger partial charge in [0.05, 0.1) is 6.54 Å². The number of halogens is 2. The van der Waals surface area contributed by atoms with Crippen LogP contribution in [0.4, 0.5) is 0 Å². The number of piperazine rings is 1. The standard InChI is InChI=1S/C13H12Cl2N2O2/c14-10-5-9(6-11(15)7-10)1-2-13(19)17-4-3-16-12(18)8-17/h1-2,5-7H,3-4,8H2,(H,16,18)/b2-1+. The van der Waals surface area contributed by atoms with Crippen LogP contribution in [0, 0.1) is 0 Å². The summed E-state index contributed by atoms with van der Waals surface area (Å²) in [5.41, 5.74) is 0.743. The van der Waals surface area contributed by atoms with Crippen LogP contribution in [0.3, 0.4) is 0 Å². The maximum atomic E-state index is 11.9. The Morgan fingerprint density at radius 1 is 1.26 bits per heavy atom. The first-order chi connectivity index (χ1) is 9.04. The van der Waals surface area contributed by atoms with Crippen molar-refractivity contribution < 1.29 is 9.59 Å². The lowest BCUT2D eigenvalue weighted by atomic mass is 10.2. The predicted octanol–water partition coefficient (Wildman–Crippen LogP) is 1.96. The van der Waals surface area contributed by atoms with Crippen LogP contribution < -0.4 is 5.32 Å². The van der Waals surface area contributed by atoms with Crippen LogP contribution in [-0.4, -0.2) is 36.3 Å². The van der Waals surface area contributed by atoms with E-state index in [1.165, 1.54) is 11.0 Å². The maximum absolute atomic E-state index is 11.9. The summed E-state index contributed by atoms with van der Waals surface area (Å²) in [6, 6.07) is 5.04. The van der Waals surface area contributed by atoms with Gasteiger partial charge in [0, 0.05) is 29.2 Å². The highest BCUT2D eigenvalue weighted by atomic mass is 35.5. The Morgan fingerprint density at radius 3 is 2.58 bits per heavy atom. The van der Waals surface area contributed by atoms with Crippen molar-refractivity contribution in [2.75, 3.05) is 19.6 Å². The molecule has 1 fully saturated rings. The highest BCUT2D eigenvalue weighted by Gasteiger charge is 2.18. The molecular formula is C13H12Cl2N2O2. The van der Waals surface area contributed by atoms with E-state index in [0.29, 0.717) is 23.1 Å². The first kappa shape index (κ1) is 13.9. The largest absolute Gasteiger partial charge is 0.353 e. The van der Waals surface area contributed by atoms with Crippen LogP contribution in [0.1, 0.15) is 5.56 Å². The summed E-state index contributed by atoms with van der Waals surface area (Å²) in [6.07, 6.45) is 3.05. The molecule has 1 N–H and O–H groups in total. The Morgan fingerprint density at radius 2 is 1.95 bits per heavy atom. The molecule has 6 heteroatoms. The van der Waals surface area contributed by atoms with Crippen LogP contribution in [-0.2, 0) is 9.59 Å². The third-order valence-electron chi connectivity index (χ3n) is 2.65. The summed E-state index contributed by atoms with van der Waals surface area (Å²) in [6.45, 7) is 1.10. The van der Waals surface area contributed by atoms with E-state index in [2.05, 4.69) is 5.32 Å². The number of nitrogens with one attached hydrogen (secondary N) is 1. The molecule has 1 saturated heterocycles. The summed E-state index contributed by atoms with van der Waals surface area (Å²) < 4.78 is 0. The van der Waals surface area contributed by atoms with E-state index < -0.39 is 0 Å². The number of rotatable bonds is 2. The van der Waals surface area contributed by atoms with Gasteiger partial charge in [0.15, 0.2) is 0 Å². The monoisotopic (exact) mass is 298 g/mol. The molecule has 0 radical (unpaired) electrons. The average Bonchev–Trinajstić information content (AvgIpc) is 2.35. The van der Waals surface area contributed by atoms with Gasteiger partial charge < -0.3 is 10.2 Å². The Bertz CT molecular complexity index is 523. The molecule has 1 heterocycles. The third kappa shape index (κ3) is 3.98. The molecule has 2 rings (SSSR count). The van der Waals surface area contributed by atoms with Gasteiger partial charge in [-0.25, -0.2) is 0 Å². The number of hydrogen-bond acceptors (Lipinski definition) is 2. The van der Waals surface area contributed by atoms with Crippen molar-refractivity contribution in [1.82, 2.24) is 10.2 Å². The van der Waals surface area contributed by atoms with Gasteiger partial charge in [0.25, 0.3) is 0 Å². The molecule has 1 aliphatic rings. The van der Waals surface area contributed by atoms with Crippen molar-refractivity contribution in [3.8, 4) is 0 Å². The van der Waals surface area contributed by atoms with E-state index in [1.54, 1.807) is 24.3 Å². The second kappa shape index (κ2) is 6.08. The van der Waals surface area contributed by atoms with E-state index in [4.69, 9.17) is 23.2 Å². The summed E-state index contributed by atoms with van der Waals surface area (Å²) >= 11 is 11.7. The molecule has 0 atom stereocenters. The molecular weight excluding hydrogens is 287 g/mol. The third-order valence-corrected chi connectivity index (χ3v) is 3.09. The normalized spacial score (nSPS) is 15.7. The van der Waals surface area contributed by atoms with Crippen LogP contribution in [0.5, 0.6) is 0 Å². The van der Waals surface area contributed by atoms with Gasteiger partial charge >= 0.3 is 0 Å². The summed E-state index contributed by atoms with van der Waals surface area (Å²) in [5.74, 6) is -0.343. The van der Waals surface area contributed by atoms with Crippen molar-refractivity contribution in [1.29, 1.82) is 0 Å². The van der Waals surface area contributed by atoms with Crippen LogP contribution >= 0.6 is 23.2 Å². The lowest BCUT2D eigenvalue weighted by Gasteiger charge is -2.25. The van der Waals surface area contributed by atoms with Crippen molar-refractivity contribution in [2.24, 2.45) is 0 Å². The first-order valence-corrected chi connectivity index (χ1v) is 6.50. The van der Waals surface area contributed by atoms with E-state index in [9.17, 15) is 9.59 Å². The lowest BCUT2D eigenvalue weighted by molar-refractivity contribution is -0.134. The smallest absolute Gasteiger partial charge is 0.247 e. The van der Waals surface area contributed by atoms with Crippen molar-refractivity contribution in [3.63, 3.8) is 0 Å². The van der Waals surface area contributed by atoms with Crippen molar-refractivity contribution in [2.45, 2.75) is 0 Å². The molecule has 0 saturated carbocycles. The predicted molar refractivity (Wildman–Crippen MR) is 75.1 cm³/mol. The fourth-order valence-electron chi connectivity index (χ4n) is 1.77.